The Labute approximate surface area is 76.6 Å². The predicted molar refractivity (Wildman–Crippen MR) is 47.9 cm³/mol. The van der Waals surface area contributed by atoms with Gasteiger partial charge in [0, 0.05) is 10.9 Å². The van der Waals surface area contributed by atoms with E-state index < -0.39 is 0 Å². The smallest absolute Gasteiger partial charge is 0.0662 e. The van der Waals surface area contributed by atoms with Gasteiger partial charge >= 0.3 is 0 Å². The summed E-state index contributed by atoms with van der Waals surface area (Å²) in [6.45, 7) is 0. The van der Waals surface area contributed by atoms with Gasteiger partial charge in [-0.05, 0) is 24.1 Å². The van der Waals surface area contributed by atoms with Crippen molar-refractivity contribution in [3.63, 3.8) is 0 Å². The standard InChI is InChI=1S/C10H8ClN/c11-9-3-1-7(2-4-9)10-5-8(10)6-12/h1-4,8,10H,5H2/t8-,10+/m1/s1. The lowest BCUT2D eigenvalue weighted by atomic mass is 10.1. The third-order valence-corrected chi connectivity index (χ3v) is 2.51. The molecule has 0 aliphatic heterocycles. The summed E-state index contributed by atoms with van der Waals surface area (Å²) in [7, 11) is 0. The molecule has 1 aromatic rings. The van der Waals surface area contributed by atoms with E-state index in [1.54, 1.807) is 0 Å². The lowest BCUT2D eigenvalue weighted by molar-refractivity contribution is 1.02. The first-order valence-corrected chi connectivity index (χ1v) is 4.34. The van der Waals surface area contributed by atoms with Crippen LogP contribution in [0.4, 0.5) is 0 Å². The fraction of sp³-hybridized carbons (Fsp3) is 0.300. The molecule has 2 rings (SSSR count). The molecular weight excluding hydrogens is 170 g/mol. The minimum atomic E-state index is 0.242. The van der Waals surface area contributed by atoms with E-state index in [1.807, 2.05) is 24.3 Å². The van der Waals surface area contributed by atoms with Crippen molar-refractivity contribution >= 4 is 11.6 Å². The van der Waals surface area contributed by atoms with Crippen molar-refractivity contribution in [1.82, 2.24) is 0 Å². The normalized spacial score (nSPS) is 26.3. The average molecular weight is 178 g/mol. The summed E-state index contributed by atoms with van der Waals surface area (Å²) in [4.78, 5) is 0. The van der Waals surface area contributed by atoms with Gasteiger partial charge in [-0.3, -0.25) is 0 Å². The first kappa shape index (κ1) is 7.64. The van der Waals surface area contributed by atoms with Gasteiger partial charge in [0.1, 0.15) is 0 Å². The van der Waals surface area contributed by atoms with E-state index in [4.69, 9.17) is 16.9 Å². The molecule has 0 spiro atoms. The molecule has 12 heavy (non-hydrogen) atoms. The number of halogens is 1. The predicted octanol–water partition coefficient (Wildman–Crippen LogP) is 2.97. The topological polar surface area (TPSA) is 23.8 Å². The molecule has 0 unspecified atom stereocenters. The van der Waals surface area contributed by atoms with Gasteiger partial charge in [0.15, 0.2) is 0 Å². The van der Waals surface area contributed by atoms with Crippen molar-refractivity contribution < 1.29 is 0 Å². The van der Waals surface area contributed by atoms with Crippen LogP contribution in [0.5, 0.6) is 0 Å². The Balaban J connectivity index is 2.17. The number of benzene rings is 1. The molecule has 0 bridgehead atoms. The van der Waals surface area contributed by atoms with Gasteiger partial charge in [-0.25, -0.2) is 0 Å². The van der Waals surface area contributed by atoms with Crippen LogP contribution in [0.25, 0.3) is 0 Å². The van der Waals surface area contributed by atoms with Gasteiger partial charge in [0.05, 0.1) is 12.0 Å². The molecule has 1 aliphatic carbocycles. The average Bonchev–Trinajstić information content (AvgIpc) is 2.85. The first-order chi connectivity index (χ1) is 5.81. The SMILES string of the molecule is N#C[C@H]1C[C@H]1c1ccc(Cl)cc1. The Morgan fingerprint density at radius 1 is 1.33 bits per heavy atom. The van der Waals surface area contributed by atoms with E-state index in [-0.39, 0.29) is 5.92 Å². The maximum atomic E-state index is 8.62. The number of hydrogen-bond acceptors (Lipinski definition) is 1. The van der Waals surface area contributed by atoms with Crippen LogP contribution in [-0.2, 0) is 0 Å². The quantitative estimate of drug-likeness (QED) is 0.647. The molecule has 0 heterocycles. The van der Waals surface area contributed by atoms with E-state index >= 15 is 0 Å². The third kappa shape index (κ3) is 1.31. The molecule has 2 atom stereocenters. The molecule has 1 aromatic carbocycles. The lowest BCUT2D eigenvalue weighted by Gasteiger charge is -1.96. The zero-order chi connectivity index (χ0) is 8.55. The fourth-order valence-electron chi connectivity index (χ4n) is 1.42. The molecule has 0 N–H and O–H groups in total. The highest BCUT2D eigenvalue weighted by Gasteiger charge is 2.38. The van der Waals surface area contributed by atoms with Crippen LogP contribution in [0.3, 0.4) is 0 Å². The molecular formula is C10H8ClN. The summed E-state index contributed by atoms with van der Waals surface area (Å²) in [6.07, 6.45) is 1.01. The largest absolute Gasteiger partial charge is 0.198 e. The van der Waals surface area contributed by atoms with Crippen LogP contribution < -0.4 is 0 Å². The van der Waals surface area contributed by atoms with Crippen LogP contribution in [0.1, 0.15) is 17.9 Å². The molecule has 1 saturated carbocycles. The highest BCUT2D eigenvalue weighted by atomic mass is 35.5. The van der Waals surface area contributed by atoms with Crippen LogP contribution >= 0.6 is 11.6 Å². The third-order valence-electron chi connectivity index (χ3n) is 2.25. The van der Waals surface area contributed by atoms with Gasteiger partial charge in [-0.15, -0.1) is 0 Å². The van der Waals surface area contributed by atoms with E-state index in [0.29, 0.717) is 5.92 Å². The molecule has 1 fully saturated rings. The summed E-state index contributed by atoms with van der Waals surface area (Å²) in [6, 6.07) is 10.0. The van der Waals surface area contributed by atoms with Gasteiger partial charge < -0.3 is 0 Å². The Bertz CT molecular complexity index is 323. The lowest BCUT2D eigenvalue weighted by Crippen LogP contribution is -1.79. The number of hydrogen-bond donors (Lipinski definition) is 0. The summed E-state index contributed by atoms with van der Waals surface area (Å²) in [5, 5.41) is 9.37. The number of nitriles is 1. The van der Waals surface area contributed by atoms with Crippen LogP contribution in [0.15, 0.2) is 24.3 Å². The fourth-order valence-corrected chi connectivity index (χ4v) is 1.54. The van der Waals surface area contributed by atoms with Crippen LogP contribution in [-0.4, -0.2) is 0 Å². The van der Waals surface area contributed by atoms with Crippen molar-refractivity contribution in [3.05, 3.63) is 34.9 Å². The van der Waals surface area contributed by atoms with Crippen molar-refractivity contribution in [2.45, 2.75) is 12.3 Å². The molecule has 2 heteroatoms. The van der Waals surface area contributed by atoms with Gasteiger partial charge in [-0.2, -0.15) is 5.26 Å². The second-order valence-corrected chi connectivity index (χ2v) is 3.57. The van der Waals surface area contributed by atoms with Crippen molar-refractivity contribution in [3.8, 4) is 6.07 Å². The Morgan fingerprint density at radius 2 is 2.00 bits per heavy atom. The molecule has 0 radical (unpaired) electrons. The molecule has 0 saturated heterocycles. The number of nitrogens with zero attached hydrogens (tertiary/aromatic N) is 1. The molecule has 0 amide bonds. The summed E-state index contributed by atoms with van der Waals surface area (Å²) < 4.78 is 0. The minimum Gasteiger partial charge on any atom is -0.198 e. The van der Waals surface area contributed by atoms with Crippen molar-refractivity contribution in [2.75, 3.05) is 0 Å². The highest BCUT2D eigenvalue weighted by Crippen LogP contribution is 2.46. The Morgan fingerprint density at radius 3 is 2.50 bits per heavy atom. The summed E-state index contributed by atoms with van der Waals surface area (Å²) in [5.74, 6) is 0.707. The number of rotatable bonds is 1. The van der Waals surface area contributed by atoms with E-state index in [1.165, 1.54) is 5.56 Å². The molecule has 1 nitrogen and oxygen atoms in total. The highest BCUT2D eigenvalue weighted by molar-refractivity contribution is 6.30. The molecule has 0 aromatic heterocycles. The minimum absolute atomic E-state index is 0.242. The maximum absolute atomic E-state index is 8.62. The zero-order valence-corrected chi connectivity index (χ0v) is 7.25. The summed E-state index contributed by atoms with van der Waals surface area (Å²) >= 11 is 5.74. The second-order valence-electron chi connectivity index (χ2n) is 3.13. The van der Waals surface area contributed by atoms with E-state index in [9.17, 15) is 0 Å². The van der Waals surface area contributed by atoms with E-state index in [2.05, 4.69) is 6.07 Å². The maximum Gasteiger partial charge on any atom is 0.0662 e. The Hall–Kier alpha value is -1.00. The van der Waals surface area contributed by atoms with Crippen molar-refractivity contribution in [2.24, 2.45) is 5.92 Å². The zero-order valence-electron chi connectivity index (χ0n) is 6.50. The van der Waals surface area contributed by atoms with Gasteiger partial charge in [0.25, 0.3) is 0 Å². The molecule has 60 valence electrons. The van der Waals surface area contributed by atoms with E-state index in [0.717, 1.165) is 11.4 Å². The van der Waals surface area contributed by atoms with Crippen LogP contribution in [0, 0.1) is 17.2 Å². The molecule has 1 aliphatic rings. The van der Waals surface area contributed by atoms with Gasteiger partial charge in [-0.1, -0.05) is 23.7 Å². The monoisotopic (exact) mass is 177 g/mol. The summed E-state index contributed by atoms with van der Waals surface area (Å²) in [5.41, 5.74) is 1.24. The van der Waals surface area contributed by atoms with Gasteiger partial charge in [0.2, 0.25) is 0 Å². The van der Waals surface area contributed by atoms with Crippen LogP contribution in [0.2, 0.25) is 5.02 Å². The second kappa shape index (κ2) is 2.80. The Kier molecular flexibility index (Phi) is 1.78. The first-order valence-electron chi connectivity index (χ1n) is 3.96. The van der Waals surface area contributed by atoms with Crippen molar-refractivity contribution in [1.29, 1.82) is 5.26 Å².